The lowest BCUT2D eigenvalue weighted by molar-refractivity contribution is 0.213. The van der Waals surface area contributed by atoms with Crippen LogP contribution in [0.5, 0.6) is 0 Å². The highest BCUT2D eigenvalue weighted by Gasteiger charge is 2.21. The Morgan fingerprint density at radius 1 is 1.50 bits per heavy atom. The Bertz CT molecular complexity index is 761. The third-order valence-corrected chi connectivity index (χ3v) is 3.57. The molecule has 1 aromatic carbocycles. The van der Waals surface area contributed by atoms with Crippen LogP contribution >= 0.6 is 11.6 Å². The van der Waals surface area contributed by atoms with Gasteiger partial charge in [-0.15, -0.1) is 0 Å². The lowest BCUT2D eigenvalue weighted by Gasteiger charge is -2.16. The first-order valence-corrected chi connectivity index (χ1v) is 7.66. The van der Waals surface area contributed by atoms with Crippen LogP contribution in [0.2, 0.25) is 5.15 Å². The summed E-state index contributed by atoms with van der Waals surface area (Å²) in [6.07, 6.45) is 1.38. The smallest absolute Gasteiger partial charge is 0.151 e. The summed E-state index contributed by atoms with van der Waals surface area (Å²) >= 11 is 5.97. The second-order valence-corrected chi connectivity index (χ2v) is 5.37. The molecule has 1 heterocycles. The van der Waals surface area contributed by atoms with Crippen molar-refractivity contribution in [3.05, 3.63) is 58.3 Å². The maximum atomic E-state index is 13.4. The molecule has 0 aliphatic rings. The van der Waals surface area contributed by atoms with Gasteiger partial charge in [-0.05, 0) is 25.1 Å². The van der Waals surface area contributed by atoms with Crippen LogP contribution in [0.1, 0.15) is 24.3 Å². The lowest BCUT2D eigenvalue weighted by atomic mass is 10.1. The molecule has 2 aromatic rings. The molecule has 128 valence electrons. The highest BCUT2D eigenvalue weighted by atomic mass is 35.5. The van der Waals surface area contributed by atoms with Gasteiger partial charge in [0.25, 0.3) is 0 Å². The Kier molecular flexibility index (Phi) is 6.08. The van der Waals surface area contributed by atoms with Gasteiger partial charge in [-0.1, -0.05) is 11.6 Å². The topological polar surface area (TPSA) is 94.2 Å². The van der Waals surface area contributed by atoms with Gasteiger partial charge in [-0.2, -0.15) is 5.10 Å². The third-order valence-electron chi connectivity index (χ3n) is 3.38. The van der Waals surface area contributed by atoms with Crippen molar-refractivity contribution in [3.8, 4) is 5.69 Å². The van der Waals surface area contributed by atoms with E-state index in [1.807, 2.05) is 6.92 Å². The summed E-state index contributed by atoms with van der Waals surface area (Å²) < 4.78 is 14.7. The summed E-state index contributed by atoms with van der Waals surface area (Å²) in [5.41, 5.74) is 1.30. The van der Waals surface area contributed by atoms with Gasteiger partial charge in [0.15, 0.2) is 5.15 Å². The second kappa shape index (κ2) is 8.05. The Hall–Kier alpha value is -2.22. The van der Waals surface area contributed by atoms with Gasteiger partial charge in [0.05, 0.1) is 18.0 Å². The van der Waals surface area contributed by atoms with Crippen LogP contribution < -0.4 is 5.32 Å². The highest BCUT2D eigenvalue weighted by Crippen LogP contribution is 2.27. The number of hydrogen-bond acceptors (Lipinski definition) is 5. The second-order valence-electron chi connectivity index (χ2n) is 4.98. The molecule has 0 saturated carbocycles. The van der Waals surface area contributed by atoms with Crippen LogP contribution in [0.15, 0.2) is 36.0 Å². The van der Waals surface area contributed by atoms with Crippen LogP contribution in [0.3, 0.4) is 0 Å². The van der Waals surface area contributed by atoms with Gasteiger partial charge in [-0.25, -0.2) is 9.07 Å². The average molecular weight is 353 g/mol. The van der Waals surface area contributed by atoms with Crippen molar-refractivity contribution in [1.29, 1.82) is 5.41 Å². The third kappa shape index (κ3) is 3.81. The quantitative estimate of drug-likeness (QED) is 0.575. The van der Waals surface area contributed by atoms with Crippen molar-refractivity contribution < 1.29 is 14.6 Å². The van der Waals surface area contributed by atoms with Crippen molar-refractivity contribution >= 4 is 17.8 Å². The van der Waals surface area contributed by atoms with Gasteiger partial charge in [0.1, 0.15) is 11.9 Å². The highest BCUT2D eigenvalue weighted by molar-refractivity contribution is 6.29. The molecule has 0 bridgehead atoms. The number of halogens is 2. The monoisotopic (exact) mass is 352 g/mol. The molecule has 24 heavy (non-hydrogen) atoms. The van der Waals surface area contributed by atoms with E-state index in [1.54, 1.807) is 0 Å². The van der Waals surface area contributed by atoms with Crippen molar-refractivity contribution in [2.24, 2.45) is 0 Å². The first-order valence-electron chi connectivity index (χ1n) is 7.28. The Labute approximate surface area is 143 Å². The van der Waals surface area contributed by atoms with E-state index >= 15 is 0 Å². The maximum Gasteiger partial charge on any atom is 0.151 e. The number of rotatable bonds is 7. The number of aliphatic hydroxyl groups is 2. The Morgan fingerprint density at radius 2 is 2.25 bits per heavy atom. The minimum Gasteiger partial charge on any atom is -0.392 e. The molecule has 4 N–H and O–H groups in total. The fraction of sp³-hybridized carbons (Fsp3) is 0.250. The van der Waals surface area contributed by atoms with E-state index in [2.05, 4.69) is 10.4 Å². The molecule has 0 saturated heterocycles. The number of aliphatic hydroxyl groups excluding tert-OH is 2. The molecule has 6 nitrogen and oxygen atoms in total. The van der Waals surface area contributed by atoms with E-state index in [4.69, 9.17) is 17.0 Å². The zero-order chi connectivity index (χ0) is 17.7. The van der Waals surface area contributed by atoms with Crippen molar-refractivity contribution in [3.63, 3.8) is 0 Å². The minimum absolute atomic E-state index is 0.130. The van der Waals surface area contributed by atoms with Crippen LogP contribution in [0.4, 0.5) is 4.39 Å². The number of hydrogen-bond donors (Lipinski definition) is 4. The number of nitrogens with one attached hydrogen (secondary N) is 2. The van der Waals surface area contributed by atoms with Crippen molar-refractivity contribution in [2.45, 2.75) is 19.6 Å². The molecule has 0 amide bonds. The largest absolute Gasteiger partial charge is 0.392 e. The summed E-state index contributed by atoms with van der Waals surface area (Å²) in [5.74, 6) is -0.490. The van der Waals surface area contributed by atoms with E-state index in [0.29, 0.717) is 29.1 Å². The number of benzene rings is 1. The van der Waals surface area contributed by atoms with Crippen LogP contribution in [0.25, 0.3) is 5.69 Å². The zero-order valence-corrected chi connectivity index (χ0v) is 13.8. The Balaban J connectivity index is 2.53. The van der Waals surface area contributed by atoms with E-state index in [-0.39, 0.29) is 5.15 Å². The fourth-order valence-electron chi connectivity index (χ4n) is 2.23. The molecule has 0 radical (unpaired) electrons. The molecular weight excluding hydrogens is 335 g/mol. The van der Waals surface area contributed by atoms with Gasteiger partial charge in [0, 0.05) is 36.2 Å². The molecule has 1 unspecified atom stereocenters. The summed E-state index contributed by atoms with van der Waals surface area (Å²) in [5, 5.41) is 34.6. The molecule has 0 fully saturated rings. The molecule has 8 heteroatoms. The molecule has 0 spiro atoms. The van der Waals surface area contributed by atoms with E-state index in [0.717, 1.165) is 6.21 Å². The van der Waals surface area contributed by atoms with E-state index in [9.17, 15) is 14.6 Å². The fourth-order valence-corrected chi connectivity index (χ4v) is 2.42. The molecule has 0 aliphatic heterocycles. The van der Waals surface area contributed by atoms with E-state index in [1.165, 1.54) is 35.1 Å². The predicted octanol–water partition coefficient (Wildman–Crippen LogP) is 2.33. The summed E-state index contributed by atoms with van der Waals surface area (Å²) in [7, 11) is 0. The molecule has 2 rings (SSSR count). The predicted molar refractivity (Wildman–Crippen MR) is 90.0 cm³/mol. The molecule has 0 aliphatic carbocycles. The van der Waals surface area contributed by atoms with Crippen molar-refractivity contribution in [2.75, 3.05) is 6.54 Å². The van der Waals surface area contributed by atoms with E-state index < -0.39 is 18.5 Å². The van der Waals surface area contributed by atoms with Crippen LogP contribution in [-0.2, 0) is 6.61 Å². The molecule has 1 aromatic heterocycles. The Morgan fingerprint density at radius 3 is 2.88 bits per heavy atom. The minimum atomic E-state index is -1.17. The summed E-state index contributed by atoms with van der Waals surface area (Å²) in [6, 6.07) is 5.32. The average Bonchev–Trinajstić information content (AvgIpc) is 2.96. The van der Waals surface area contributed by atoms with Crippen molar-refractivity contribution in [1.82, 2.24) is 15.1 Å². The van der Waals surface area contributed by atoms with Crippen LogP contribution in [-0.4, -0.2) is 32.8 Å². The van der Waals surface area contributed by atoms with Gasteiger partial charge >= 0.3 is 0 Å². The first kappa shape index (κ1) is 18.1. The standard InChI is InChI=1S/C16H18ClFN4O2/c1-2-20-8-11(7-19)16(24)14-6-15(17)21-22(14)13-4-3-12(18)5-10(13)9-23/h3-8,16,19-20,23-24H,2,9H2,1H3/b11-8+,19-7?. The first-order chi connectivity index (χ1) is 11.5. The number of nitrogens with zero attached hydrogens (tertiary/aromatic N) is 2. The SMILES string of the molecule is CCN/C=C(\C=N)C(O)c1cc(Cl)nn1-c1ccc(F)cc1CO. The molecule has 1 atom stereocenters. The molecular formula is C16H18ClFN4O2. The normalized spacial score (nSPS) is 13.0. The van der Waals surface area contributed by atoms with Gasteiger partial charge in [-0.3, -0.25) is 0 Å². The lowest BCUT2D eigenvalue weighted by Crippen LogP contribution is -2.14. The van der Waals surface area contributed by atoms with Gasteiger partial charge in [0.2, 0.25) is 0 Å². The summed E-state index contributed by atoms with van der Waals surface area (Å²) in [4.78, 5) is 0. The van der Waals surface area contributed by atoms with Crippen LogP contribution in [0, 0.1) is 11.2 Å². The number of aromatic nitrogens is 2. The zero-order valence-electron chi connectivity index (χ0n) is 13.0. The summed E-state index contributed by atoms with van der Waals surface area (Å²) in [6.45, 7) is 2.12. The maximum absolute atomic E-state index is 13.4. The van der Waals surface area contributed by atoms with Gasteiger partial charge < -0.3 is 20.9 Å².